The summed E-state index contributed by atoms with van der Waals surface area (Å²) in [6.45, 7) is 9.70. The van der Waals surface area contributed by atoms with Crippen molar-refractivity contribution in [2.45, 2.75) is 57.9 Å². The highest BCUT2D eigenvalue weighted by Crippen LogP contribution is 2.33. The van der Waals surface area contributed by atoms with Crippen LogP contribution in [0.4, 0.5) is 5.69 Å². The van der Waals surface area contributed by atoms with Crippen LogP contribution in [0.15, 0.2) is 29.2 Å². The molecular weight excluding hydrogens is 402 g/mol. The maximum Gasteiger partial charge on any atom is 0.243 e. The number of sulfonamides is 1. The molecule has 0 N–H and O–H groups in total. The van der Waals surface area contributed by atoms with Gasteiger partial charge in [0.2, 0.25) is 21.8 Å². The predicted octanol–water partition coefficient (Wildman–Crippen LogP) is 2.72. The third-order valence-electron chi connectivity index (χ3n) is 5.80. The van der Waals surface area contributed by atoms with E-state index in [9.17, 15) is 18.0 Å². The van der Waals surface area contributed by atoms with Gasteiger partial charge in [-0.1, -0.05) is 27.7 Å². The first-order valence-electron chi connectivity index (χ1n) is 10.9. The maximum absolute atomic E-state index is 13.1. The molecule has 0 spiro atoms. The number of carbonyl (C=O) groups excluding carboxylic acids is 2. The lowest BCUT2D eigenvalue weighted by Gasteiger charge is -2.27. The van der Waals surface area contributed by atoms with Gasteiger partial charge in [-0.15, -0.1) is 0 Å². The largest absolute Gasteiger partial charge is 0.339 e. The number of carbonyl (C=O) groups is 2. The van der Waals surface area contributed by atoms with Crippen LogP contribution in [0.3, 0.4) is 0 Å². The molecule has 1 aliphatic carbocycles. The van der Waals surface area contributed by atoms with Crippen molar-refractivity contribution in [3.8, 4) is 0 Å². The number of benzene rings is 1. The summed E-state index contributed by atoms with van der Waals surface area (Å²) in [6.07, 6.45) is 2.30. The smallest absolute Gasteiger partial charge is 0.243 e. The molecule has 1 aromatic rings. The number of amides is 2. The van der Waals surface area contributed by atoms with E-state index in [1.807, 2.05) is 4.90 Å². The fourth-order valence-corrected chi connectivity index (χ4v) is 5.52. The zero-order chi connectivity index (χ0) is 22.1. The quantitative estimate of drug-likeness (QED) is 0.598. The lowest BCUT2D eigenvalue weighted by atomic mass is 10.1. The molecule has 3 rings (SSSR count). The van der Waals surface area contributed by atoms with E-state index in [1.54, 1.807) is 43.0 Å². The van der Waals surface area contributed by atoms with Gasteiger partial charge in [-0.2, -0.15) is 4.31 Å². The summed E-state index contributed by atoms with van der Waals surface area (Å²) in [7, 11) is -3.54. The van der Waals surface area contributed by atoms with Crippen LogP contribution in [0.2, 0.25) is 0 Å². The Morgan fingerprint density at radius 1 is 1.13 bits per heavy atom. The van der Waals surface area contributed by atoms with Crippen molar-refractivity contribution in [3.05, 3.63) is 24.3 Å². The molecule has 1 saturated carbocycles. The van der Waals surface area contributed by atoms with Crippen molar-refractivity contribution in [3.63, 3.8) is 0 Å². The average molecular weight is 436 g/mol. The first-order chi connectivity index (χ1) is 14.2. The summed E-state index contributed by atoms with van der Waals surface area (Å²) < 4.78 is 26.7. The Balaban J connectivity index is 1.73. The minimum atomic E-state index is -3.54. The molecule has 0 aromatic heterocycles. The molecule has 2 amide bonds. The summed E-state index contributed by atoms with van der Waals surface area (Å²) in [5.74, 6) is 0.0368. The summed E-state index contributed by atoms with van der Waals surface area (Å²) in [5, 5.41) is 0. The van der Waals surface area contributed by atoms with Crippen LogP contribution in [0.25, 0.3) is 0 Å². The number of rotatable bonds is 9. The lowest BCUT2D eigenvalue weighted by molar-refractivity contribution is -0.136. The molecule has 0 radical (unpaired) electrons. The van der Waals surface area contributed by atoms with E-state index in [0.717, 1.165) is 19.4 Å². The fraction of sp³-hybridized carbons (Fsp3) is 0.636. The van der Waals surface area contributed by atoms with E-state index in [-0.39, 0.29) is 29.0 Å². The first kappa shape index (κ1) is 22.7. The Hall–Kier alpha value is -1.93. The van der Waals surface area contributed by atoms with Crippen molar-refractivity contribution in [1.82, 2.24) is 9.21 Å². The number of hydrogen-bond donors (Lipinski definition) is 0. The number of anilines is 1. The average Bonchev–Trinajstić information content (AvgIpc) is 3.47. The van der Waals surface area contributed by atoms with Crippen LogP contribution in [0.1, 0.15) is 47.0 Å². The predicted molar refractivity (Wildman–Crippen MR) is 117 cm³/mol. The Morgan fingerprint density at radius 2 is 1.73 bits per heavy atom. The Morgan fingerprint density at radius 3 is 2.23 bits per heavy atom. The van der Waals surface area contributed by atoms with Gasteiger partial charge in [0.15, 0.2) is 0 Å². The number of hydrogen-bond acceptors (Lipinski definition) is 4. The Kier molecular flexibility index (Phi) is 6.87. The summed E-state index contributed by atoms with van der Waals surface area (Å²) in [5.41, 5.74) is 0.635. The normalized spacial score (nSPS) is 19.7. The van der Waals surface area contributed by atoms with Crippen molar-refractivity contribution >= 4 is 27.5 Å². The SMILES string of the molecule is CCN(CC)S(=O)(=O)c1ccc(N2CC(C(=O)N(CC(C)C)C3CC3)CC2=O)cc1. The highest BCUT2D eigenvalue weighted by atomic mass is 32.2. The molecule has 7 nitrogen and oxygen atoms in total. The van der Waals surface area contributed by atoms with Gasteiger partial charge in [0.1, 0.15) is 0 Å². The van der Waals surface area contributed by atoms with Gasteiger partial charge in [-0.3, -0.25) is 9.59 Å². The second kappa shape index (κ2) is 9.06. The second-order valence-corrected chi connectivity index (χ2v) is 10.5. The molecule has 166 valence electrons. The van der Waals surface area contributed by atoms with Gasteiger partial charge < -0.3 is 9.80 Å². The minimum absolute atomic E-state index is 0.0720. The Bertz CT molecular complexity index is 874. The summed E-state index contributed by atoms with van der Waals surface area (Å²) in [6, 6.07) is 6.73. The number of nitrogens with zero attached hydrogens (tertiary/aromatic N) is 3. The zero-order valence-corrected chi connectivity index (χ0v) is 19.2. The molecule has 2 fully saturated rings. The molecule has 1 saturated heterocycles. The van der Waals surface area contributed by atoms with E-state index in [1.165, 1.54) is 4.31 Å². The van der Waals surface area contributed by atoms with Crippen LogP contribution in [0, 0.1) is 11.8 Å². The molecule has 1 heterocycles. The maximum atomic E-state index is 13.1. The standard InChI is InChI=1S/C22H33N3O4S/c1-5-23(6-2)30(28,29)20-11-9-18(10-12-20)24-15-17(13-21(24)26)22(27)25(14-16(3)4)19-7-8-19/h9-12,16-17,19H,5-8,13-15H2,1-4H3. The third kappa shape index (κ3) is 4.70. The van der Waals surface area contributed by atoms with Gasteiger partial charge in [0.05, 0.1) is 10.8 Å². The molecule has 0 bridgehead atoms. The Labute approximate surface area is 180 Å². The highest BCUT2D eigenvalue weighted by molar-refractivity contribution is 7.89. The van der Waals surface area contributed by atoms with Gasteiger partial charge in [-0.05, 0) is 43.0 Å². The minimum Gasteiger partial charge on any atom is -0.339 e. The molecular formula is C22H33N3O4S. The molecule has 8 heteroatoms. The van der Waals surface area contributed by atoms with Crippen molar-refractivity contribution in [2.24, 2.45) is 11.8 Å². The van der Waals surface area contributed by atoms with Crippen molar-refractivity contribution < 1.29 is 18.0 Å². The molecule has 1 aliphatic heterocycles. The molecule has 1 unspecified atom stereocenters. The van der Waals surface area contributed by atoms with Crippen LogP contribution < -0.4 is 4.90 Å². The molecule has 2 aliphatic rings. The van der Waals surface area contributed by atoms with E-state index in [4.69, 9.17) is 0 Å². The van der Waals surface area contributed by atoms with Crippen LogP contribution in [-0.2, 0) is 19.6 Å². The highest BCUT2D eigenvalue weighted by Gasteiger charge is 2.41. The van der Waals surface area contributed by atoms with E-state index >= 15 is 0 Å². The van der Waals surface area contributed by atoms with Crippen LogP contribution >= 0.6 is 0 Å². The first-order valence-corrected chi connectivity index (χ1v) is 12.3. The van der Waals surface area contributed by atoms with E-state index < -0.39 is 10.0 Å². The molecule has 1 atom stereocenters. The second-order valence-electron chi connectivity index (χ2n) is 8.60. The summed E-state index contributed by atoms with van der Waals surface area (Å²) >= 11 is 0. The van der Waals surface area contributed by atoms with Gasteiger partial charge in [-0.25, -0.2) is 8.42 Å². The molecule has 1 aromatic carbocycles. The van der Waals surface area contributed by atoms with Crippen molar-refractivity contribution in [2.75, 3.05) is 31.1 Å². The lowest BCUT2D eigenvalue weighted by Crippen LogP contribution is -2.41. The van der Waals surface area contributed by atoms with Crippen LogP contribution in [-0.4, -0.2) is 61.7 Å². The monoisotopic (exact) mass is 435 g/mol. The topological polar surface area (TPSA) is 78.0 Å². The third-order valence-corrected chi connectivity index (χ3v) is 7.86. The van der Waals surface area contributed by atoms with Gasteiger partial charge in [0, 0.05) is 44.3 Å². The fourth-order valence-electron chi connectivity index (χ4n) is 4.07. The van der Waals surface area contributed by atoms with Crippen molar-refractivity contribution in [1.29, 1.82) is 0 Å². The van der Waals surface area contributed by atoms with Crippen LogP contribution in [0.5, 0.6) is 0 Å². The zero-order valence-electron chi connectivity index (χ0n) is 18.4. The van der Waals surface area contributed by atoms with Gasteiger partial charge >= 0.3 is 0 Å². The van der Waals surface area contributed by atoms with E-state index in [0.29, 0.717) is 37.3 Å². The van der Waals surface area contributed by atoms with E-state index in [2.05, 4.69) is 13.8 Å². The molecule has 30 heavy (non-hydrogen) atoms. The van der Waals surface area contributed by atoms with Gasteiger partial charge in [0.25, 0.3) is 0 Å². The summed E-state index contributed by atoms with van der Waals surface area (Å²) in [4.78, 5) is 29.5.